The largest absolute Gasteiger partial charge is 0.480 e. The van der Waals surface area contributed by atoms with Crippen molar-refractivity contribution in [3.05, 3.63) is 17.8 Å². The number of aromatic nitrogens is 2. The van der Waals surface area contributed by atoms with Crippen LogP contribution < -0.4 is 4.74 Å². The van der Waals surface area contributed by atoms with Gasteiger partial charge in [-0.3, -0.25) is 0 Å². The maximum Gasteiger partial charge on any atom is 0.233 e. The van der Waals surface area contributed by atoms with Gasteiger partial charge in [0.2, 0.25) is 5.88 Å². The minimum atomic E-state index is -0.576. The molecule has 0 fully saturated rings. The van der Waals surface area contributed by atoms with Crippen LogP contribution in [0.25, 0.3) is 0 Å². The molecule has 4 nitrogen and oxygen atoms in total. The lowest BCUT2D eigenvalue weighted by Crippen LogP contribution is -1.98. The molecule has 0 saturated heterocycles. The van der Waals surface area contributed by atoms with Crippen molar-refractivity contribution in [3.8, 4) is 5.88 Å². The van der Waals surface area contributed by atoms with Crippen LogP contribution in [0.15, 0.2) is 12.1 Å². The van der Waals surface area contributed by atoms with Gasteiger partial charge >= 0.3 is 0 Å². The highest BCUT2D eigenvalue weighted by atomic mass is 16.5. The molecular formula is C7H10N2O2. The Balaban J connectivity index is 2.83. The summed E-state index contributed by atoms with van der Waals surface area (Å²) in [6.07, 6.45) is -0.576. The number of methoxy groups -OCH3 is 1. The van der Waals surface area contributed by atoms with Crippen LogP contribution in [-0.2, 0) is 0 Å². The van der Waals surface area contributed by atoms with Crippen molar-refractivity contribution in [3.63, 3.8) is 0 Å². The van der Waals surface area contributed by atoms with Crippen molar-refractivity contribution in [2.45, 2.75) is 13.0 Å². The maximum atomic E-state index is 9.04. The Kier molecular flexibility index (Phi) is 2.38. The predicted octanol–water partition coefficient (Wildman–Crippen LogP) is 0.538. The van der Waals surface area contributed by atoms with E-state index in [0.717, 1.165) is 0 Å². The number of rotatable bonds is 2. The van der Waals surface area contributed by atoms with E-state index in [4.69, 9.17) is 9.84 Å². The van der Waals surface area contributed by atoms with Gasteiger partial charge < -0.3 is 9.84 Å². The molecule has 0 saturated carbocycles. The van der Waals surface area contributed by atoms with Crippen LogP contribution in [0, 0.1) is 0 Å². The average Bonchev–Trinajstić information content (AvgIpc) is 2.05. The van der Waals surface area contributed by atoms with Gasteiger partial charge in [-0.05, 0) is 13.0 Å². The molecule has 60 valence electrons. The van der Waals surface area contributed by atoms with Gasteiger partial charge in [0, 0.05) is 6.07 Å². The predicted molar refractivity (Wildman–Crippen MR) is 39.2 cm³/mol. The van der Waals surface area contributed by atoms with Gasteiger partial charge in [0.1, 0.15) is 0 Å². The Hall–Kier alpha value is -1.16. The molecule has 0 unspecified atom stereocenters. The Labute approximate surface area is 64.8 Å². The second kappa shape index (κ2) is 3.30. The minimum absolute atomic E-state index is 0.453. The van der Waals surface area contributed by atoms with E-state index >= 15 is 0 Å². The standard InChI is InChI=1S/C7H10N2O2/c1-5(10)6-3-4-7(11-2)9-8-6/h3-5,10H,1-2H3/t5-/m0/s1. The van der Waals surface area contributed by atoms with E-state index in [1.807, 2.05) is 0 Å². The molecule has 1 aromatic rings. The molecule has 0 aliphatic carbocycles. The van der Waals surface area contributed by atoms with Crippen molar-refractivity contribution in [1.82, 2.24) is 10.2 Å². The Morgan fingerprint density at radius 2 is 2.18 bits per heavy atom. The van der Waals surface area contributed by atoms with Crippen molar-refractivity contribution >= 4 is 0 Å². The van der Waals surface area contributed by atoms with Crippen LogP contribution in [-0.4, -0.2) is 22.4 Å². The Bertz CT molecular complexity index is 220. The summed E-state index contributed by atoms with van der Waals surface area (Å²) >= 11 is 0. The molecule has 0 aliphatic heterocycles. The lowest BCUT2D eigenvalue weighted by atomic mass is 10.3. The fourth-order valence-corrected chi connectivity index (χ4v) is 0.662. The zero-order valence-electron chi connectivity index (χ0n) is 6.48. The van der Waals surface area contributed by atoms with Crippen LogP contribution in [0.3, 0.4) is 0 Å². The molecule has 0 aliphatic rings. The van der Waals surface area contributed by atoms with Crippen molar-refractivity contribution in [2.24, 2.45) is 0 Å². The van der Waals surface area contributed by atoms with Gasteiger partial charge in [0.25, 0.3) is 0 Å². The summed E-state index contributed by atoms with van der Waals surface area (Å²) in [6, 6.07) is 3.34. The molecule has 1 rings (SSSR count). The van der Waals surface area contributed by atoms with Crippen LogP contribution in [0.1, 0.15) is 18.7 Å². The summed E-state index contributed by atoms with van der Waals surface area (Å²) < 4.78 is 4.79. The highest BCUT2D eigenvalue weighted by Crippen LogP contribution is 2.09. The first kappa shape index (κ1) is 7.94. The molecule has 0 amide bonds. The molecule has 1 N–H and O–H groups in total. The molecule has 1 atom stereocenters. The van der Waals surface area contributed by atoms with E-state index in [1.165, 1.54) is 7.11 Å². The minimum Gasteiger partial charge on any atom is -0.480 e. The van der Waals surface area contributed by atoms with Gasteiger partial charge in [-0.25, -0.2) is 0 Å². The third kappa shape index (κ3) is 1.88. The molecule has 11 heavy (non-hydrogen) atoms. The lowest BCUT2D eigenvalue weighted by Gasteiger charge is -2.01. The number of aliphatic hydroxyl groups is 1. The highest BCUT2D eigenvalue weighted by Gasteiger charge is 2.02. The van der Waals surface area contributed by atoms with Crippen LogP contribution >= 0.6 is 0 Å². The van der Waals surface area contributed by atoms with E-state index < -0.39 is 6.10 Å². The number of ether oxygens (including phenoxy) is 1. The van der Waals surface area contributed by atoms with E-state index in [-0.39, 0.29) is 0 Å². The maximum absolute atomic E-state index is 9.04. The monoisotopic (exact) mass is 154 g/mol. The number of hydrogen-bond acceptors (Lipinski definition) is 4. The second-order valence-electron chi connectivity index (χ2n) is 2.18. The number of aliphatic hydroxyl groups excluding tert-OH is 1. The first-order valence-corrected chi connectivity index (χ1v) is 3.29. The fraction of sp³-hybridized carbons (Fsp3) is 0.429. The molecule has 0 aromatic carbocycles. The third-order valence-electron chi connectivity index (χ3n) is 1.30. The van der Waals surface area contributed by atoms with Crippen molar-refractivity contribution in [2.75, 3.05) is 7.11 Å². The summed E-state index contributed by atoms with van der Waals surface area (Å²) in [7, 11) is 1.52. The summed E-state index contributed by atoms with van der Waals surface area (Å²) in [5, 5.41) is 16.5. The zero-order valence-corrected chi connectivity index (χ0v) is 6.48. The summed E-state index contributed by atoms with van der Waals surface area (Å²) in [5.41, 5.74) is 0.547. The third-order valence-corrected chi connectivity index (χ3v) is 1.30. The van der Waals surface area contributed by atoms with Crippen LogP contribution in [0.2, 0.25) is 0 Å². The molecule has 1 aromatic heterocycles. The number of hydrogen-bond donors (Lipinski definition) is 1. The average molecular weight is 154 g/mol. The van der Waals surface area contributed by atoms with Gasteiger partial charge in [-0.15, -0.1) is 10.2 Å². The van der Waals surface area contributed by atoms with E-state index in [2.05, 4.69) is 10.2 Å². The zero-order chi connectivity index (χ0) is 8.27. The van der Waals surface area contributed by atoms with Crippen LogP contribution in [0.5, 0.6) is 5.88 Å². The SMILES string of the molecule is COc1ccc([C@H](C)O)nn1. The van der Waals surface area contributed by atoms with Gasteiger partial charge in [-0.2, -0.15) is 0 Å². The Morgan fingerprint density at radius 1 is 1.45 bits per heavy atom. The first-order chi connectivity index (χ1) is 5.24. The van der Waals surface area contributed by atoms with Crippen molar-refractivity contribution in [1.29, 1.82) is 0 Å². The van der Waals surface area contributed by atoms with E-state index in [0.29, 0.717) is 11.6 Å². The fourth-order valence-electron chi connectivity index (χ4n) is 0.662. The van der Waals surface area contributed by atoms with E-state index in [1.54, 1.807) is 19.1 Å². The molecule has 0 bridgehead atoms. The molecule has 0 spiro atoms. The first-order valence-electron chi connectivity index (χ1n) is 3.29. The second-order valence-corrected chi connectivity index (χ2v) is 2.18. The topological polar surface area (TPSA) is 55.2 Å². The number of nitrogens with zero attached hydrogens (tertiary/aromatic N) is 2. The molecular weight excluding hydrogens is 144 g/mol. The highest BCUT2D eigenvalue weighted by molar-refractivity contribution is 5.12. The molecule has 0 radical (unpaired) electrons. The lowest BCUT2D eigenvalue weighted by molar-refractivity contribution is 0.192. The Morgan fingerprint density at radius 3 is 2.55 bits per heavy atom. The summed E-state index contributed by atoms with van der Waals surface area (Å²) in [5.74, 6) is 0.453. The van der Waals surface area contributed by atoms with E-state index in [9.17, 15) is 0 Å². The smallest absolute Gasteiger partial charge is 0.233 e. The van der Waals surface area contributed by atoms with Gasteiger partial charge in [0.15, 0.2) is 0 Å². The van der Waals surface area contributed by atoms with Crippen molar-refractivity contribution < 1.29 is 9.84 Å². The summed E-state index contributed by atoms with van der Waals surface area (Å²) in [6.45, 7) is 1.64. The normalized spacial score (nSPS) is 12.6. The van der Waals surface area contributed by atoms with Gasteiger partial charge in [0.05, 0.1) is 18.9 Å². The quantitative estimate of drug-likeness (QED) is 0.675. The summed E-state index contributed by atoms with van der Waals surface area (Å²) in [4.78, 5) is 0. The molecule has 4 heteroatoms. The van der Waals surface area contributed by atoms with Gasteiger partial charge in [-0.1, -0.05) is 0 Å². The molecule has 1 heterocycles. The van der Waals surface area contributed by atoms with Crippen LogP contribution in [0.4, 0.5) is 0 Å².